The average molecular weight is 551 g/mol. The number of benzene rings is 2. The number of β-amino-alcohol motifs (C(OH)–C–C–N with tert-alkyl or cyclic N) is 1. The molecule has 0 unspecified atom stereocenters. The van der Waals surface area contributed by atoms with Crippen molar-refractivity contribution in [3.8, 4) is 17.2 Å². The smallest absolute Gasteiger partial charge is 0.257 e. The van der Waals surface area contributed by atoms with E-state index >= 15 is 0 Å². The van der Waals surface area contributed by atoms with Crippen molar-refractivity contribution in [2.45, 2.75) is 37.4 Å². The molecule has 2 saturated heterocycles. The number of nitrogens with zero attached hydrogens (tertiary/aromatic N) is 2. The number of ether oxygens (including phenoxy) is 2. The number of fused-ring (bicyclic) bond motifs is 1. The van der Waals surface area contributed by atoms with E-state index in [-0.39, 0.29) is 52.7 Å². The molecule has 1 spiro atoms. The molecule has 0 radical (unpaired) electrons. The topological polar surface area (TPSA) is 103 Å². The average Bonchev–Trinajstić information content (AvgIpc) is 3.50. The lowest BCUT2D eigenvalue weighted by molar-refractivity contribution is -0.00202. The zero-order chi connectivity index (χ0) is 26.2. The lowest BCUT2D eigenvalue weighted by Crippen LogP contribution is -2.49. The van der Waals surface area contributed by atoms with Gasteiger partial charge in [-0.2, -0.15) is 0 Å². The van der Waals surface area contributed by atoms with Gasteiger partial charge in [-0.1, -0.05) is 23.2 Å². The van der Waals surface area contributed by atoms with Gasteiger partial charge in [0.1, 0.15) is 35.6 Å². The van der Waals surface area contributed by atoms with Gasteiger partial charge in [0.2, 0.25) is 0 Å². The second-order valence-corrected chi connectivity index (χ2v) is 11.2. The fourth-order valence-corrected chi connectivity index (χ4v) is 5.88. The number of aromatic hydroxyl groups is 1. The van der Waals surface area contributed by atoms with Crippen molar-refractivity contribution in [3.63, 3.8) is 0 Å². The number of amides is 1. The summed E-state index contributed by atoms with van der Waals surface area (Å²) in [5.41, 5.74) is 1.16. The first-order chi connectivity index (χ1) is 17.7. The molecule has 3 aliphatic rings. The summed E-state index contributed by atoms with van der Waals surface area (Å²) in [6.07, 6.45) is 2.48. The Morgan fingerprint density at radius 1 is 1.19 bits per heavy atom. The number of piperidine rings is 1. The first-order valence-corrected chi connectivity index (χ1v) is 13.4. The van der Waals surface area contributed by atoms with Crippen molar-refractivity contribution in [2.24, 2.45) is 5.92 Å². The maximum absolute atomic E-state index is 13.1. The maximum Gasteiger partial charge on any atom is 0.257 e. The van der Waals surface area contributed by atoms with E-state index in [1.807, 2.05) is 18.2 Å². The van der Waals surface area contributed by atoms with E-state index in [9.17, 15) is 20.1 Å². The third kappa shape index (κ3) is 5.78. The lowest BCUT2D eigenvalue weighted by atomic mass is 9.87. The van der Waals surface area contributed by atoms with Gasteiger partial charge in [-0.25, -0.2) is 0 Å². The molecule has 0 aliphatic carbocycles. The summed E-state index contributed by atoms with van der Waals surface area (Å²) in [7, 11) is 0. The van der Waals surface area contributed by atoms with Crippen LogP contribution in [0.25, 0.3) is 0 Å². The Morgan fingerprint density at radius 2 is 1.97 bits per heavy atom. The van der Waals surface area contributed by atoms with Crippen LogP contribution in [0.4, 0.5) is 0 Å². The molecule has 3 N–H and O–H groups in total. The number of carbonyl (C=O) groups is 1. The number of hydrogen-bond acceptors (Lipinski definition) is 7. The molecule has 3 aliphatic heterocycles. The fraction of sp³-hybridized carbons (Fsp3) is 0.519. The standard InChI is InChI=1S/C27H32Cl2N2O6/c28-19-1-2-24-18(9-19)12-27(37-24)4-7-30(8-5-27)14-20(33)16-36-25-11-23(34)22(29)10-21(25)26(35)31-6-3-17(13-31)15-32/h1-2,9-11,17,20,32-34H,3-8,12-16H2/t17-,20+/m0/s1. The molecule has 2 aromatic carbocycles. The van der Waals surface area contributed by atoms with Crippen molar-refractivity contribution in [1.82, 2.24) is 9.80 Å². The monoisotopic (exact) mass is 550 g/mol. The summed E-state index contributed by atoms with van der Waals surface area (Å²) in [6, 6.07) is 8.46. The number of hydrogen-bond donors (Lipinski definition) is 3. The highest BCUT2D eigenvalue weighted by Gasteiger charge is 2.42. The van der Waals surface area contributed by atoms with E-state index in [1.54, 1.807) is 4.90 Å². The number of aliphatic hydroxyl groups excluding tert-OH is 2. The number of phenolic OH excluding ortho intramolecular Hbond substituents is 1. The van der Waals surface area contributed by atoms with Crippen LogP contribution in [-0.2, 0) is 6.42 Å². The Morgan fingerprint density at radius 3 is 2.70 bits per heavy atom. The molecular weight excluding hydrogens is 519 g/mol. The van der Waals surface area contributed by atoms with Crippen molar-refractivity contribution < 1.29 is 29.6 Å². The first-order valence-electron chi connectivity index (χ1n) is 12.7. The molecule has 200 valence electrons. The Kier molecular flexibility index (Phi) is 7.75. The molecule has 10 heteroatoms. The largest absolute Gasteiger partial charge is 0.506 e. The predicted molar refractivity (Wildman–Crippen MR) is 140 cm³/mol. The van der Waals surface area contributed by atoms with Gasteiger partial charge >= 0.3 is 0 Å². The van der Waals surface area contributed by atoms with Crippen molar-refractivity contribution in [3.05, 3.63) is 51.5 Å². The summed E-state index contributed by atoms with van der Waals surface area (Å²) >= 11 is 12.2. The third-order valence-electron chi connectivity index (χ3n) is 7.64. The van der Waals surface area contributed by atoms with E-state index < -0.39 is 6.10 Å². The minimum Gasteiger partial charge on any atom is -0.506 e. The molecule has 2 atom stereocenters. The normalized spacial score (nSPS) is 21.6. The molecule has 2 aromatic rings. The third-order valence-corrected chi connectivity index (χ3v) is 8.18. The molecular formula is C27H32Cl2N2O6. The van der Waals surface area contributed by atoms with E-state index in [1.165, 1.54) is 12.1 Å². The molecule has 1 amide bonds. The highest BCUT2D eigenvalue weighted by atomic mass is 35.5. The first kappa shape index (κ1) is 26.4. The van der Waals surface area contributed by atoms with Gasteiger partial charge in [0.15, 0.2) is 0 Å². The maximum atomic E-state index is 13.1. The second kappa shape index (κ2) is 10.9. The molecule has 3 heterocycles. The summed E-state index contributed by atoms with van der Waals surface area (Å²) in [6.45, 7) is 2.96. The zero-order valence-corrected chi connectivity index (χ0v) is 22.0. The molecule has 0 aromatic heterocycles. The number of halogens is 2. The Bertz CT molecular complexity index is 1150. The van der Waals surface area contributed by atoms with Crippen molar-refractivity contribution in [2.75, 3.05) is 45.9 Å². The fourth-order valence-electron chi connectivity index (χ4n) is 5.53. The van der Waals surface area contributed by atoms with Crippen LogP contribution in [0.15, 0.2) is 30.3 Å². The van der Waals surface area contributed by atoms with Crippen LogP contribution >= 0.6 is 23.2 Å². The molecule has 0 bridgehead atoms. The summed E-state index contributed by atoms with van der Waals surface area (Å²) < 4.78 is 12.1. The lowest BCUT2D eigenvalue weighted by Gasteiger charge is -2.39. The van der Waals surface area contributed by atoms with E-state index in [0.29, 0.717) is 24.7 Å². The van der Waals surface area contributed by atoms with Gasteiger partial charge in [0.05, 0.1) is 10.6 Å². The summed E-state index contributed by atoms with van der Waals surface area (Å²) in [5.74, 6) is 0.656. The molecule has 8 nitrogen and oxygen atoms in total. The Labute approximate surface area is 226 Å². The van der Waals surface area contributed by atoms with Gasteiger partial charge in [-0.3, -0.25) is 4.79 Å². The minimum absolute atomic E-state index is 0.0285. The van der Waals surface area contributed by atoms with Gasteiger partial charge in [-0.05, 0) is 36.2 Å². The van der Waals surface area contributed by atoms with E-state index in [2.05, 4.69) is 4.90 Å². The summed E-state index contributed by atoms with van der Waals surface area (Å²) in [4.78, 5) is 16.9. The second-order valence-electron chi connectivity index (χ2n) is 10.4. The minimum atomic E-state index is -0.791. The van der Waals surface area contributed by atoms with Crippen LogP contribution in [-0.4, -0.2) is 88.7 Å². The van der Waals surface area contributed by atoms with Crippen LogP contribution in [0, 0.1) is 5.92 Å². The molecule has 5 rings (SSSR count). The number of likely N-dealkylation sites (tertiary alicyclic amines) is 2. The quantitative estimate of drug-likeness (QED) is 0.485. The van der Waals surface area contributed by atoms with Crippen molar-refractivity contribution >= 4 is 29.1 Å². The van der Waals surface area contributed by atoms with E-state index in [4.69, 9.17) is 32.7 Å². The number of carbonyl (C=O) groups excluding carboxylic acids is 1. The van der Waals surface area contributed by atoms with Crippen LogP contribution in [0.1, 0.15) is 35.2 Å². The molecule has 0 saturated carbocycles. The van der Waals surface area contributed by atoms with Crippen LogP contribution < -0.4 is 9.47 Å². The Balaban J connectivity index is 1.15. The van der Waals surface area contributed by atoms with Gasteiger partial charge < -0.3 is 34.6 Å². The summed E-state index contributed by atoms with van der Waals surface area (Å²) in [5, 5.41) is 31.0. The highest BCUT2D eigenvalue weighted by molar-refractivity contribution is 6.32. The molecule has 2 fully saturated rings. The number of aliphatic hydroxyl groups is 2. The predicted octanol–water partition coefficient (Wildman–Crippen LogP) is 3.36. The van der Waals surface area contributed by atoms with Crippen LogP contribution in [0.3, 0.4) is 0 Å². The van der Waals surface area contributed by atoms with Crippen LogP contribution in [0.5, 0.6) is 17.2 Å². The van der Waals surface area contributed by atoms with Gasteiger partial charge in [0, 0.05) is 75.6 Å². The van der Waals surface area contributed by atoms with Crippen LogP contribution in [0.2, 0.25) is 10.0 Å². The van der Waals surface area contributed by atoms with Crippen molar-refractivity contribution in [1.29, 1.82) is 0 Å². The number of phenols is 1. The highest BCUT2D eigenvalue weighted by Crippen LogP contribution is 2.42. The SMILES string of the molecule is O=C(c1cc(Cl)c(O)cc1OC[C@H](O)CN1CCC2(CC1)Cc1cc(Cl)ccc1O2)N1CC[C@H](CO)C1. The Hall–Kier alpha value is -2.23. The van der Waals surface area contributed by atoms with Gasteiger partial charge in [0.25, 0.3) is 5.91 Å². The zero-order valence-electron chi connectivity index (χ0n) is 20.5. The number of rotatable bonds is 7. The van der Waals surface area contributed by atoms with Gasteiger partial charge in [-0.15, -0.1) is 0 Å². The van der Waals surface area contributed by atoms with E-state index in [0.717, 1.165) is 50.1 Å². The molecule has 37 heavy (non-hydrogen) atoms.